The minimum Gasteiger partial charge on any atom is -0.347 e. The van der Waals surface area contributed by atoms with Crippen LogP contribution < -0.4 is 5.32 Å². The molecule has 4 heteroatoms. The summed E-state index contributed by atoms with van der Waals surface area (Å²) in [5, 5.41) is 3.45. The first-order valence-electron chi connectivity index (χ1n) is 7.01. The van der Waals surface area contributed by atoms with Crippen LogP contribution in [0.2, 0.25) is 5.15 Å². The second-order valence-corrected chi connectivity index (χ2v) is 7.49. The Morgan fingerprint density at radius 3 is 2.35 bits per heavy atom. The quantitative estimate of drug-likeness (QED) is 0.844. The van der Waals surface area contributed by atoms with Gasteiger partial charge in [-0.05, 0) is 44.2 Å². The molecule has 0 atom stereocenters. The molecule has 0 aliphatic rings. The van der Waals surface area contributed by atoms with Gasteiger partial charge >= 0.3 is 0 Å². The van der Waals surface area contributed by atoms with Crippen LogP contribution in [-0.4, -0.2) is 16.4 Å². The zero-order valence-corrected chi connectivity index (χ0v) is 14.1. The van der Waals surface area contributed by atoms with E-state index in [0.717, 1.165) is 18.5 Å². The fraction of sp³-hybridized carbons (Fsp3) is 0.625. The van der Waals surface area contributed by atoms with Crippen molar-refractivity contribution in [1.29, 1.82) is 0 Å². The lowest BCUT2D eigenvalue weighted by Crippen LogP contribution is -2.45. The number of amides is 1. The number of aryl methyl sites for hydroxylation is 1. The van der Waals surface area contributed by atoms with Crippen molar-refractivity contribution in [2.75, 3.05) is 0 Å². The van der Waals surface area contributed by atoms with Crippen molar-refractivity contribution in [3.05, 3.63) is 28.5 Å². The molecule has 1 N–H and O–H groups in total. The third kappa shape index (κ3) is 5.49. The predicted octanol–water partition coefficient (Wildman–Crippen LogP) is 4.24. The summed E-state index contributed by atoms with van der Waals surface area (Å²) in [7, 11) is 0. The minimum absolute atomic E-state index is 0.0988. The first-order chi connectivity index (χ1) is 9.02. The normalized spacial score (nSPS) is 12.3. The summed E-state index contributed by atoms with van der Waals surface area (Å²) in [6.45, 7) is 12.6. The maximum Gasteiger partial charge on any atom is 0.251 e. The monoisotopic (exact) mass is 296 g/mol. The molecule has 0 aromatic carbocycles. The highest BCUT2D eigenvalue weighted by Gasteiger charge is 2.27. The average molecular weight is 297 g/mol. The topological polar surface area (TPSA) is 42.0 Å². The van der Waals surface area contributed by atoms with Gasteiger partial charge in [0.05, 0.1) is 0 Å². The van der Waals surface area contributed by atoms with Crippen LogP contribution >= 0.6 is 11.6 Å². The van der Waals surface area contributed by atoms with Gasteiger partial charge in [0.15, 0.2) is 0 Å². The SMILES string of the molecule is CCc1cc(C(=O)NC(C)(C)CC(C)(C)C)cc(Cl)n1. The summed E-state index contributed by atoms with van der Waals surface area (Å²) in [4.78, 5) is 16.5. The van der Waals surface area contributed by atoms with Gasteiger partial charge in [-0.15, -0.1) is 0 Å². The van der Waals surface area contributed by atoms with Gasteiger partial charge in [0.2, 0.25) is 0 Å². The van der Waals surface area contributed by atoms with Crippen LogP contribution in [0.4, 0.5) is 0 Å². The van der Waals surface area contributed by atoms with Gasteiger partial charge in [0.1, 0.15) is 5.15 Å². The Kier molecular flexibility index (Phi) is 5.20. The fourth-order valence-electron chi connectivity index (χ4n) is 2.61. The van der Waals surface area contributed by atoms with E-state index in [2.05, 4.69) is 31.1 Å². The second kappa shape index (κ2) is 6.13. The van der Waals surface area contributed by atoms with Crippen molar-refractivity contribution in [1.82, 2.24) is 10.3 Å². The summed E-state index contributed by atoms with van der Waals surface area (Å²) in [6.07, 6.45) is 1.65. The highest BCUT2D eigenvalue weighted by Crippen LogP contribution is 2.27. The number of hydrogen-bond donors (Lipinski definition) is 1. The van der Waals surface area contributed by atoms with Crippen molar-refractivity contribution in [2.24, 2.45) is 5.41 Å². The lowest BCUT2D eigenvalue weighted by Gasteiger charge is -2.33. The predicted molar refractivity (Wildman–Crippen MR) is 84.2 cm³/mol. The molecule has 1 rings (SSSR count). The van der Waals surface area contributed by atoms with Crippen LogP contribution in [0.15, 0.2) is 12.1 Å². The zero-order valence-electron chi connectivity index (χ0n) is 13.3. The molecule has 1 aromatic rings. The Bertz CT molecular complexity index is 490. The Balaban J connectivity index is 2.88. The molecule has 0 saturated heterocycles. The van der Waals surface area contributed by atoms with E-state index in [1.807, 2.05) is 20.8 Å². The molecule has 0 fully saturated rings. The van der Waals surface area contributed by atoms with Gasteiger partial charge in [-0.25, -0.2) is 4.98 Å². The van der Waals surface area contributed by atoms with Gasteiger partial charge < -0.3 is 5.32 Å². The second-order valence-electron chi connectivity index (χ2n) is 7.10. The number of hydrogen-bond acceptors (Lipinski definition) is 2. The molecule has 3 nitrogen and oxygen atoms in total. The van der Waals surface area contributed by atoms with E-state index in [1.165, 1.54) is 0 Å². The van der Waals surface area contributed by atoms with Crippen molar-refractivity contribution < 1.29 is 4.79 Å². The molecule has 20 heavy (non-hydrogen) atoms. The molecule has 1 heterocycles. The van der Waals surface area contributed by atoms with Crippen molar-refractivity contribution in [3.8, 4) is 0 Å². The number of halogens is 1. The summed E-state index contributed by atoms with van der Waals surface area (Å²) >= 11 is 5.96. The van der Waals surface area contributed by atoms with Crippen LogP contribution in [0.5, 0.6) is 0 Å². The van der Waals surface area contributed by atoms with Crippen LogP contribution in [0.25, 0.3) is 0 Å². The average Bonchev–Trinajstić information content (AvgIpc) is 2.23. The molecule has 0 radical (unpaired) electrons. The van der Waals surface area contributed by atoms with Crippen LogP contribution in [0, 0.1) is 5.41 Å². The number of carbonyl (C=O) groups excluding carboxylic acids is 1. The van der Waals surface area contributed by atoms with E-state index < -0.39 is 0 Å². The van der Waals surface area contributed by atoms with Crippen LogP contribution in [0.3, 0.4) is 0 Å². The van der Waals surface area contributed by atoms with E-state index in [9.17, 15) is 4.79 Å². The molecule has 0 aliphatic heterocycles. The van der Waals surface area contributed by atoms with E-state index in [0.29, 0.717) is 10.7 Å². The maximum atomic E-state index is 12.4. The van der Waals surface area contributed by atoms with Crippen molar-refractivity contribution >= 4 is 17.5 Å². The van der Waals surface area contributed by atoms with Gasteiger partial charge in [-0.1, -0.05) is 39.3 Å². The highest BCUT2D eigenvalue weighted by atomic mass is 35.5. The van der Waals surface area contributed by atoms with E-state index in [1.54, 1.807) is 12.1 Å². The smallest absolute Gasteiger partial charge is 0.251 e. The van der Waals surface area contributed by atoms with Crippen molar-refractivity contribution in [3.63, 3.8) is 0 Å². The van der Waals surface area contributed by atoms with Crippen LogP contribution in [-0.2, 0) is 6.42 Å². The number of nitrogens with zero attached hydrogens (tertiary/aromatic N) is 1. The Morgan fingerprint density at radius 1 is 1.25 bits per heavy atom. The summed E-state index contributed by atoms with van der Waals surface area (Å²) < 4.78 is 0. The molecule has 1 amide bonds. The molecule has 112 valence electrons. The number of pyridine rings is 1. The lowest BCUT2D eigenvalue weighted by atomic mass is 9.81. The van der Waals surface area contributed by atoms with Crippen molar-refractivity contribution in [2.45, 2.75) is 59.9 Å². The Labute approximate surface area is 127 Å². The molecule has 0 bridgehead atoms. The Hall–Kier alpha value is -1.09. The minimum atomic E-state index is -0.266. The first-order valence-corrected chi connectivity index (χ1v) is 7.39. The Morgan fingerprint density at radius 2 is 1.85 bits per heavy atom. The standard InChI is InChI=1S/C16H25ClN2O/c1-7-12-8-11(9-13(17)18-12)14(20)19-16(5,6)10-15(2,3)4/h8-9H,7,10H2,1-6H3,(H,19,20). The maximum absolute atomic E-state index is 12.4. The van der Waals surface area contributed by atoms with Gasteiger partial charge in [0, 0.05) is 16.8 Å². The van der Waals surface area contributed by atoms with Gasteiger partial charge in [0.25, 0.3) is 5.91 Å². The molecule has 0 spiro atoms. The number of carbonyl (C=O) groups is 1. The molecule has 0 saturated carbocycles. The first kappa shape index (κ1) is 17.0. The van der Waals surface area contributed by atoms with Gasteiger partial charge in [-0.3, -0.25) is 4.79 Å². The number of aromatic nitrogens is 1. The molecular formula is C16H25ClN2O. The third-order valence-electron chi connectivity index (χ3n) is 2.90. The number of rotatable bonds is 4. The molecule has 0 aliphatic carbocycles. The summed E-state index contributed by atoms with van der Waals surface area (Å²) in [5.74, 6) is -0.0988. The zero-order chi connectivity index (χ0) is 15.6. The largest absolute Gasteiger partial charge is 0.347 e. The summed E-state index contributed by atoms with van der Waals surface area (Å²) in [6, 6.07) is 3.41. The lowest BCUT2D eigenvalue weighted by molar-refractivity contribution is 0.0891. The molecular weight excluding hydrogens is 272 g/mol. The molecule has 1 aromatic heterocycles. The number of nitrogens with one attached hydrogen (secondary N) is 1. The molecule has 0 unspecified atom stereocenters. The van der Waals surface area contributed by atoms with E-state index in [4.69, 9.17) is 11.6 Å². The fourth-order valence-corrected chi connectivity index (χ4v) is 2.84. The summed E-state index contributed by atoms with van der Waals surface area (Å²) in [5.41, 5.74) is 1.29. The van der Waals surface area contributed by atoms with E-state index in [-0.39, 0.29) is 16.9 Å². The van der Waals surface area contributed by atoms with Gasteiger partial charge in [-0.2, -0.15) is 0 Å². The highest BCUT2D eigenvalue weighted by molar-refractivity contribution is 6.29. The third-order valence-corrected chi connectivity index (χ3v) is 3.09. The van der Waals surface area contributed by atoms with E-state index >= 15 is 0 Å². The van der Waals surface area contributed by atoms with Crippen LogP contribution in [0.1, 0.15) is 64.0 Å².